The molecule has 1 aromatic carbocycles. The molecule has 1 aliphatic heterocycles. The molecule has 1 atom stereocenters. The molecule has 0 spiro atoms. The van der Waals surface area contributed by atoms with Crippen LogP contribution in [0.2, 0.25) is 0 Å². The molecule has 0 amide bonds. The highest BCUT2D eigenvalue weighted by atomic mass is 16.5. The van der Waals surface area contributed by atoms with Crippen molar-refractivity contribution in [3.05, 3.63) is 36.0 Å². The lowest BCUT2D eigenvalue weighted by atomic mass is 10.1. The first kappa shape index (κ1) is 12.4. The van der Waals surface area contributed by atoms with Crippen molar-refractivity contribution in [2.75, 3.05) is 26.9 Å². The number of nitrogens with one attached hydrogen (secondary N) is 1. The second kappa shape index (κ2) is 5.55. The lowest BCUT2D eigenvalue weighted by molar-refractivity contribution is 0.131. The molecule has 4 heteroatoms. The SMILES string of the molecule is COc1ccc2nc(C3COCCCN3)ccc2c1. The molecule has 1 fully saturated rings. The van der Waals surface area contributed by atoms with E-state index in [-0.39, 0.29) is 6.04 Å². The Hall–Kier alpha value is -1.65. The standard InChI is InChI=1S/C15H18N2O2/c1-18-12-4-6-13-11(9-12)3-5-14(17-13)15-10-19-8-2-7-16-15/h3-6,9,15-16H,2,7-8,10H2,1H3. The van der Waals surface area contributed by atoms with Crippen LogP contribution < -0.4 is 10.1 Å². The molecule has 0 saturated carbocycles. The summed E-state index contributed by atoms with van der Waals surface area (Å²) in [5, 5.41) is 4.57. The van der Waals surface area contributed by atoms with Crippen LogP contribution in [0.5, 0.6) is 5.75 Å². The zero-order valence-electron chi connectivity index (χ0n) is 11.1. The summed E-state index contributed by atoms with van der Waals surface area (Å²) < 4.78 is 10.8. The van der Waals surface area contributed by atoms with E-state index in [1.807, 2.05) is 18.2 Å². The Morgan fingerprint density at radius 3 is 3.16 bits per heavy atom. The van der Waals surface area contributed by atoms with Crippen molar-refractivity contribution in [1.82, 2.24) is 10.3 Å². The number of hydrogen-bond acceptors (Lipinski definition) is 4. The van der Waals surface area contributed by atoms with Gasteiger partial charge in [0.25, 0.3) is 0 Å². The van der Waals surface area contributed by atoms with E-state index in [4.69, 9.17) is 14.5 Å². The molecule has 0 aliphatic carbocycles. The monoisotopic (exact) mass is 258 g/mol. The predicted molar refractivity (Wildman–Crippen MR) is 74.5 cm³/mol. The van der Waals surface area contributed by atoms with Crippen LogP contribution in [0.1, 0.15) is 18.2 Å². The number of methoxy groups -OCH3 is 1. The minimum Gasteiger partial charge on any atom is -0.497 e. The zero-order valence-corrected chi connectivity index (χ0v) is 11.1. The summed E-state index contributed by atoms with van der Waals surface area (Å²) in [5.74, 6) is 0.859. The number of aromatic nitrogens is 1. The van der Waals surface area contributed by atoms with E-state index < -0.39 is 0 Å². The highest BCUT2D eigenvalue weighted by Crippen LogP contribution is 2.22. The second-order valence-electron chi connectivity index (χ2n) is 4.73. The summed E-state index contributed by atoms with van der Waals surface area (Å²) in [6.45, 7) is 2.50. The van der Waals surface area contributed by atoms with Gasteiger partial charge in [0, 0.05) is 12.0 Å². The molecular weight excluding hydrogens is 240 g/mol. The molecule has 1 unspecified atom stereocenters. The Morgan fingerprint density at radius 1 is 1.32 bits per heavy atom. The van der Waals surface area contributed by atoms with Gasteiger partial charge in [-0.05, 0) is 37.2 Å². The highest BCUT2D eigenvalue weighted by molar-refractivity contribution is 5.80. The van der Waals surface area contributed by atoms with E-state index in [1.165, 1.54) is 0 Å². The summed E-state index contributed by atoms with van der Waals surface area (Å²) in [5.41, 5.74) is 2.03. The number of rotatable bonds is 2. The van der Waals surface area contributed by atoms with E-state index >= 15 is 0 Å². The average Bonchev–Trinajstić information content (AvgIpc) is 2.75. The molecule has 1 aromatic heterocycles. The molecule has 1 aliphatic rings. The van der Waals surface area contributed by atoms with Crippen molar-refractivity contribution < 1.29 is 9.47 Å². The summed E-state index contributed by atoms with van der Waals surface area (Å²) in [6, 6.07) is 10.3. The minimum absolute atomic E-state index is 0.189. The lowest BCUT2D eigenvalue weighted by Crippen LogP contribution is -2.24. The number of fused-ring (bicyclic) bond motifs is 1. The summed E-state index contributed by atoms with van der Waals surface area (Å²) in [4.78, 5) is 4.72. The van der Waals surface area contributed by atoms with Gasteiger partial charge in [0.05, 0.1) is 31.0 Å². The van der Waals surface area contributed by atoms with Gasteiger partial charge in [-0.3, -0.25) is 4.98 Å². The Kier molecular flexibility index (Phi) is 3.62. The van der Waals surface area contributed by atoms with Crippen LogP contribution in [0.3, 0.4) is 0 Å². The van der Waals surface area contributed by atoms with Crippen LogP contribution in [-0.4, -0.2) is 31.9 Å². The van der Waals surface area contributed by atoms with Gasteiger partial charge >= 0.3 is 0 Å². The van der Waals surface area contributed by atoms with Gasteiger partial charge in [-0.2, -0.15) is 0 Å². The maximum Gasteiger partial charge on any atom is 0.119 e. The first-order valence-corrected chi connectivity index (χ1v) is 6.62. The number of ether oxygens (including phenoxy) is 2. The molecule has 1 saturated heterocycles. The van der Waals surface area contributed by atoms with Crippen molar-refractivity contribution >= 4 is 10.9 Å². The largest absolute Gasteiger partial charge is 0.497 e. The van der Waals surface area contributed by atoms with Gasteiger partial charge in [-0.25, -0.2) is 0 Å². The quantitative estimate of drug-likeness (QED) is 0.897. The third-order valence-electron chi connectivity index (χ3n) is 3.42. The highest BCUT2D eigenvalue weighted by Gasteiger charge is 2.15. The summed E-state index contributed by atoms with van der Waals surface area (Å²) >= 11 is 0. The Balaban J connectivity index is 1.92. The van der Waals surface area contributed by atoms with Gasteiger partial charge in [0.1, 0.15) is 5.75 Å². The zero-order chi connectivity index (χ0) is 13.1. The van der Waals surface area contributed by atoms with Crippen LogP contribution in [-0.2, 0) is 4.74 Å². The number of hydrogen-bond donors (Lipinski definition) is 1. The average molecular weight is 258 g/mol. The fraction of sp³-hybridized carbons (Fsp3) is 0.400. The molecule has 1 N–H and O–H groups in total. The minimum atomic E-state index is 0.189. The van der Waals surface area contributed by atoms with E-state index in [2.05, 4.69) is 17.4 Å². The second-order valence-corrected chi connectivity index (χ2v) is 4.73. The van der Waals surface area contributed by atoms with Crippen molar-refractivity contribution in [3.8, 4) is 5.75 Å². The Bertz CT molecular complexity index is 563. The van der Waals surface area contributed by atoms with E-state index in [0.29, 0.717) is 6.61 Å². The fourth-order valence-corrected chi connectivity index (χ4v) is 2.34. The van der Waals surface area contributed by atoms with Crippen molar-refractivity contribution in [1.29, 1.82) is 0 Å². The first-order valence-electron chi connectivity index (χ1n) is 6.62. The normalized spacial score (nSPS) is 20.2. The van der Waals surface area contributed by atoms with E-state index in [9.17, 15) is 0 Å². The third-order valence-corrected chi connectivity index (χ3v) is 3.42. The third kappa shape index (κ3) is 2.69. The molecular formula is C15H18N2O2. The van der Waals surface area contributed by atoms with Gasteiger partial charge < -0.3 is 14.8 Å². The van der Waals surface area contributed by atoms with Gasteiger partial charge in [0.15, 0.2) is 0 Å². The molecule has 0 radical (unpaired) electrons. The summed E-state index contributed by atoms with van der Waals surface area (Å²) in [6.07, 6.45) is 1.06. The topological polar surface area (TPSA) is 43.4 Å². The van der Waals surface area contributed by atoms with Crippen molar-refractivity contribution in [3.63, 3.8) is 0 Å². The molecule has 2 heterocycles. The van der Waals surface area contributed by atoms with Gasteiger partial charge in [-0.1, -0.05) is 6.07 Å². The maximum atomic E-state index is 5.59. The van der Waals surface area contributed by atoms with Crippen LogP contribution in [0, 0.1) is 0 Å². The smallest absolute Gasteiger partial charge is 0.119 e. The fourth-order valence-electron chi connectivity index (χ4n) is 2.34. The van der Waals surface area contributed by atoms with E-state index in [1.54, 1.807) is 7.11 Å². The Morgan fingerprint density at radius 2 is 2.26 bits per heavy atom. The lowest BCUT2D eigenvalue weighted by Gasteiger charge is -2.15. The number of nitrogens with zero attached hydrogens (tertiary/aromatic N) is 1. The van der Waals surface area contributed by atoms with Crippen molar-refractivity contribution in [2.45, 2.75) is 12.5 Å². The molecule has 100 valence electrons. The molecule has 19 heavy (non-hydrogen) atoms. The van der Waals surface area contributed by atoms with Crippen LogP contribution in [0.25, 0.3) is 10.9 Å². The number of pyridine rings is 1. The van der Waals surface area contributed by atoms with Crippen LogP contribution in [0.4, 0.5) is 0 Å². The molecule has 0 bridgehead atoms. The predicted octanol–water partition coefficient (Wildman–Crippen LogP) is 2.29. The maximum absolute atomic E-state index is 5.59. The van der Waals surface area contributed by atoms with E-state index in [0.717, 1.165) is 41.9 Å². The summed E-state index contributed by atoms with van der Waals surface area (Å²) in [7, 11) is 1.68. The Labute approximate surface area is 112 Å². The first-order chi connectivity index (χ1) is 9.36. The van der Waals surface area contributed by atoms with Gasteiger partial charge in [-0.15, -0.1) is 0 Å². The van der Waals surface area contributed by atoms with Gasteiger partial charge in [0.2, 0.25) is 0 Å². The molecule has 3 rings (SSSR count). The van der Waals surface area contributed by atoms with Crippen molar-refractivity contribution in [2.24, 2.45) is 0 Å². The van der Waals surface area contributed by atoms with Crippen LogP contribution >= 0.6 is 0 Å². The molecule has 2 aromatic rings. The number of benzene rings is 1. The molecule has 4 nitrogen and oxygen atoms in total. The van der Waals surface area contributed by atoms with Crippen LogP contribution in [0.15, 0.2) is 30.3 Å².